The first-order valence-electron chi connectivity index (χ1n) is 10.6. The zero-order chi connectivity index (χ0) is 22.7. The molecule has 1 unspecified atom stereocenters. The van der Waals surface area contributed by atoms with Crippen molar-refractivity contribution in [2.45, 2.75) is 31.8 Å². The van der Waals surface area contributed by atoms with Gasteiger partial charge in [-0.3, -0.25) is 14.5 Å². The van der Waals surface area contributed by atoms with Crippen LogP contribution in [0.1, 0.15) is 41.2 Å². The van der Waals surface area contributed by atoms with Gasteiger partial charge in [0, 0.05) is 24.0 Å². The Hall–Kier alpha value is -2.61. The fraction of sp³-hybridized carbons (Fsp3) is 0.348. The molecule has 0 aliphatic carbocycles. The van der Waals surface area contributed by atoms with Gasteiger partial charge >= 0.3 is 0 Å². The van der Waals surface area contributed by atoms with E-state index in [2.05, 4.69) is 15.2 Å². The van der Waals surface area contributed by atoms with Crippen LogP contribution in [0.4, 0.5) is 0 Å². The molecular weight excluding hydrogens is 449 g/mol. The van der Waals surface area contributed by atoms with Gasteiger partial charge in [0.05, 0.1) is 22.0 Å². The van der Waals surface area contributed by atoms with Gasteiger partial charge in [0.1, 0.15) is 12.2 Å². The lowest BCUT2D eigenvalue weighted by Gasteiger charge is -2.35. The Kier molecular flexibility index (Phi) is 6.98. The maximum Gasteiger partial charge on any atom is 0.253 e. The first-order valence-corrected chi connectivity index (χ1v) is 11.4. The van der Waals surface area contributed by atoms with Crippen LogP contribution in [0.2, 0.25) is 10.0 Å². The van der Waals surface area contributed by atoms with Crippen molar-refractivity contribution in [2.24, 2.45) is 5.73 Å². The summed E-state index contributed by atoms with van der Waals surface area (Å²) >= 11 is 12.5. The number of nitrogens with one attached hydrogen (secondary N) is 1. The number of benzene rings is 1. The summed E-state index contributed by atoms with van der Waals surface area (Å²) in [4.78, 5) is 31.4. The van der Waals surface area contributed by atoms with Crippen LogP contribution in [0.15, 0.2) is 42.7 Å². The molecule has 1 atom stereocenters. The number of piperidine rings is 1. The Labute approximate surface area is 196 Å². The van der Waals surface area contributed by atoms with Crippen LogP contribution < -0.4 is 11.1 Å². The monoisotopic (exact) mass is 473 g/mol. The van der Waals surface area contributed by atoms with Gasteiger partial charge in [-0.2, -0.15) is 0 Å². The summed E-state index contributed by atoms with van der Waals surface area (Å²) in [6.07, 6.45) is 6.62. The van der Waals surface area contributed by atoms with Crippen molar-refractivity contribution >= 4 is 46.0 Å². The molecule has 1 aromatic carbocycles. The number of pyridine rings is 1. The molecule has 0 bridgehead atoms. The summed E-state index contributed by atoms with van der Waals surface area (Å²) in [5, 5.41) is 4.65. The van der Waals surface area contributed by atoms with Crippen molar-refractivity contribution in [3.63, 3.8) is 0 Å². The zero-order valence-corrected chi connectivity index (χ0v) is 19.1. The van der Waals surface area contributed by atoms with Crippen LogP contribution in [0, 0.1) is 0 Å². The van der Waals surface area contributed by atoms with E-state index in [9.17, 15) is 9.59 Å². The van der Waals surface area contributed by atoms with Crippen LogP contribution in [0.3, 0.4) is 0 Å². The van der Waals surface area contributed by atoms with E-state index in [1.807, 2.05) is 24.3 Å². The van der Waals surface area contributed by atoms with Crippen molar-refractivity contribution in [3.05, 3.63) is 63.9 Å². The number of carbonyl (C=O) groups excluding carboxylic acids is 2. The topological polar surface area (TPSA) is 93.2 Å². The molecule has 1 aliphatic rings. The van der Waals surface area contributed by atoms with Crippen LogP contribution in [0.25, 0.3) is 11.0 Å². The smallest absolute Gasteiger partial charge is 0.253 e. The van der Waals surface area contributed by atoms with Gasteiger partial charge in [-0.15, -0.1) is 0 Å². The maximum atomic E-state index is 13.2. The van der Waals surface area contributed by atoms with Crippen LogP contribution in [-0.2, 0) is 11.3 Å². The number of amides is 2. The van der Waals surface area contributed by atoms with E-state index in [0.717, 1.165) is 31.5 Å². The number of nitrogens with two attached hydrogens (primary N) is 1. The predicted molar refractivity (Wildman–Crippen MR) is 126 cm³/mol. The molecule has 2 amide bonds. The second kappa shape index (κ2) is 9.90. The van der Waals surface area contributed by atoms with E-state index in [-0.39, 0.29) is 18.5 Å². The van der Waals surface area contributed by atoms with Gasteiger partial charge in [0.2, 0.25) is 5.91 Å². The molecule has 0 radical (unpaired) electrons. The molecule has 1 fully saturated rings. The van der Waals surface area contributed by atoms with E-state index >= 15 is 0 Å². The third kappa shape index (κ3) is 4.90. The summed E-state index contributed by atoms with van der Waals surface area (Å²) < 4.78 is 1.56. The van der Waals surface area contributed by atoms with Gasteiger partial charge in [-0.1, -0.05) is 41.8 Å². The predicted octanol–water partition coefficient (Wildman–Crippen LogP) is 3.79. The number of halogens is 2. The van der Waals surface area contributed by atoms with Crippen molar-refractivity contribution in [1.82, 2.24) is 19.8 Å². The number of hydrogen-bond donors (Lipinski definition) is 2. The quantitative estimate of drug-likeness (QED) is 0.545. The molecule has 4 rings (SSSR count). The number of fused-ring (bicyclic) bond motifs is 1. The molecule has 3 heterocycles. The van der Waals surface area contributed by atoms with E-state index in [1.165, 1.54) is 12.6 Å². The third-order valence-corrected chi connectivity index (χ3v) is 6.39. The fourth-order valence-corrected chi connectivity index (χ4v) is 4.66. The minimum absolute atomic E-state index is 0.0316. The second-order valence-corrected chi connectivity index (χ2v) is 8.85. The molecule has 32 heavy (non-hydrogen) atoms. The molecule has 0 saturated carbocycles. The molecular formula is C23H25Cl2N5O2. The van der Waals surface area contributed by atoms with Crippen LogP contribution in [-0.4, -0.2) is 45.9 Å². The SMILES string of the molecule is NC(=O)Cn1cc(C(=O)NCC(c2ccc(Cl)cc2)N2CCCCC2)c2c(Cl)ccnc21. The van der Waals surface area contributed by atoms with E-state index < -0.39 is 5.91 Å². The van der Waals surface area contributed by atoms with Gasteiger partial charge in [-0.25, -0.2) is 4.98 Å². The Morgan fingerprint density at radius 2 is 1.81 bits per heavy atom. The van der Waals surface area contributed by atoms with E-state index in [1.54, 1.807) is 16.8 Å². The zero-order valence-electron chi connectivity index (χ0n) is 17.6. The average Bonchev–Trinajstić information content (AvgIpc) is 3.15. The van der Waals surface area contributed by atoms with Gasteiger partial charge in [0.25, 0.3) is 5.91 Å². The molecule has 2 aromatic heterocycles. The molecule has 0 spiro atoms. The van der Waals surface area contributed by atoms with Crippen molar-refractivity contribution in [2.75, 3.05) is 19.6 Å². The summed E-state index contributed by atoms with van der Waals surface area (Å²) in [5.74, 6) is -0.798. The number of rotatable bonds is 7. The van der Waals surface area contributed by atoms with Crippen LogP contribution in [0.5, 0.6) is 0 Å². The lowest BCUT2D eigenvalue weighted by molar-refractivity contribution is -0.118. The first kappa shape index (κ1) is 22.6. The number of primary amides is 1. The van der Waals surface area contributed by atoms with Gasteiger partial charge < -0.3 is 15.6 Å². The normalized spacial score (nSPS) is 15.6. The summed E-state index contributed by atoms with van der Waals surface area (Å²) in [6, 6.07) is 9.42. The number of carbonyl (C=O) groups is 2. The van der Waals surface area contributed by atoms with Crippen LogP contribution >= 0.6 is 23.2 Å². The molecule has 1 saturated heterocycles. The summed E-state index contributed by atoms with van der Waals surface area (Å²) in [6.45, 7) is 2.31. The number of hydrogen-bond acceptors (Lipinski definition) is 4. The van der Waals surface area contributed by atoms with Gasteiger partial charge in [0.15, 0.2) is 0 Å². The highest BCUT2D eigenvalue weighted by Gasteiger charge is 2.25. The lowest BCUT2D eigenvalue weighted by atomic mass is 10.0. The average molecular weight is 474 g/mol. The molecule has 168 valence electrons. The van der Waals surface area contributed by atoms with E-state index in [0.29, 0.717) is 33.2 Å². The minimum Gasteiger partial charge on any atom is -0.368 e. The Morgan fingerprint density at radius 3 is 2.50 bits per heavy atom. The van der Waals surface area contributed by atoms with Crippen molar-refractivity contribution in [3.8, 4) is 0 Å². The third-order valence-electron chi connectivity index (χ3n) is 5.82. The Balaban J connectivity index is 1.60. The second-order valence-electron chi connectivity index (χ2n) is 8.00. The highest BCUT2D eigenvalue weighted by Crippen LogP contribution is 2.28. The molecule has 7 nitrogen and oxygen atoms in total. The maximum absolute atomic E-state index is 13.2. The summed E-state index contributed by atoms with van der Waals surface area (Å²) in [7, 11) is 0. The van der Waals surface area contributed by atoms with Gasteiger partial charge in [-0.05, 0) is 49.7 Å². The summed E-state index contributed by atoms with van der Waals surface area (Å²) in [5.41, 5.74) is 7.28. The lowest BCUT2D eigenvalue weighted by Crippen LogP contribution is -2.40. The molecule has 3 aromatic rings. The standard InChI is InChI=1S/C23H25Cl2N5O2/c24-16-6-4-15(5-7-16)19(29-10-2-1-3-11-29)12-28-23(32)17-13-30(14-20(26)31)22-21(17)18(25)8-9-27-22/h4-9,13,19H,1-3,10-12,14H2,(H2,26,31)(H,28,32). The largest absolute Gasteiger partial charge is 0.368 e. The first-order chi connectivity index (χ1) is 15.4. The molecule has 9 heteroatoms. The molecule has 3 N–H and O–H groups in total. The molecule has 1 aliphatic heterocycles. The van der Waals surface area contributed by atoms with E-state index in [4.69, 9.17) is 28.9 Å². The van der Waals surface area contributed by atoms with Crippen molar-refractivity contribution in [1.29, 1.82) is 0 Å². The highest BCUT2D eigenvalue weighted by atomic mass is 35.5. The number of aromatic nitrogens is 2. The number of nitrogens with zero attached hydrogens (tertiary/aromatic N) is 3. The fourth-order valence-electron chi connectivity index (χ4n) is 4.29. The highest BCUT2D eigenvalue weighted by molar-refractivity contribution is 6.36. The number of likely N-dealkylation sites (tertiary alicyclic amines) is 1. The van der Waals surface area contributed by atoms with Crippen molar-refractivity contribution < 1.29 is 9.59 Å². The Morgan fingerprint density at radius 1 is 1.09 bits per heavy atom. The Bertz CT molecular complexity index is 1120. The minimum atomic E-state index is -0.525.